The molecule has 31 heavy (non-hydrogen) atoms. The van der Waals surface area contributed by atoms with Gasteiger partial charge in [0.1, 0.15) is 12.1 Å². The second kappa shape index (κ2) is 11.4. The van der Waals surface area contributed by atoms with Crippen LogP contribution in [0.25, 0.3) is 10.9 Å². The van der Waals surface area contributed by atoms with Crippen LogP contribution in [0.2, 0.25) is 5.02 Å². The van der Waals surface area contributed by atoms with Gasteiger partial charge in [0.15, 0.2) is 0 Å². The van der Waals surface area contributed by atoms with Crippen molar-refractivity contribution in [3.8, 4) is 0 Å². The summed E-state index contributed by atoms with van der Waals surface area (Å²) in [5, 5.41) is 3.97. The average Bonchev–Trinajstić information content (AvgIpc) is 3.12. The minimum absolute atomic E-state index is 0.0114. The number of fused-ring (bicyclic) bond motifs is 1. The quantitative estimate of drug-likeness (QED) is 0.209. The van der Waals surface area contributed by atoms with E-state index in [0.29, 0.717) is 5.02 Å². The van der Waals surface area contributed by atoms with E-state index < -0.39 is 29.8 Å². The second-order valence-electron chi connectivity index (χ2n) is 7.21. The highest BCUT2D eigenvalue weighted by molar-refractivity contribution is 6.35. The van der Waals surface area contributed by atoms with E-state index in [1.54, 1.807) is 26.1 Å². The molecule has 1 aromatic carbocycles. The van der Waals surface area contributed by atoms with Crippen LogP contribution in [-0.4, -0.2) is 59.0 Å². The Morgan fingerprint density at radius 1 is 1.32 bits per heavy atom. The first kappa shape index (κ1) is 24.3. The van der Waals surface area contributed by atoms with Crippen molar-refractivity contribution in [2.75, 3.05) is 7.11 Å². The first-order chi connectivity index (χ1) is 14.8. The zero-order valence-corrected chi connectivity index (χ0v) is 18.4. The third kappa shape index (κ3) is 6.75. The molecule has 2 rings (SSSR count). The maximum Gasteiger partial charge on any atom is 0.372 e. The van der Waals surface area contributed by atoms with Crippen molar-refractivity contribution in [3.63, 3.8) is 0 Å². The summed E-state index contributed by atoms with van der Waals surface area (Å²) in [6, 6.07) is 4.42. The number of rotatable bonds is 11. The second-order valence-corrected chi connectivity index (χ2v) is 7.62. The van der Waals surface area contributed by atoms with E-state index in [-0.39, 0.29) is 25.4 Å². The lowest BCUT2D eigenvalue weighted by Gasteiger charge is -2.21. The Morgan fingerprint density at radius 2 is 2.06 bits per heavy atom. The molecule has 0 spiro atoms. The summed E-state index contributed by atoms with van der Waals surface area (Å²) in [6.45, 7) is 3.38. The van der Waals surface area contributed by atoms with E-state index >= 15 is 0 Å². The SMILES string of the molecule is CO[C@@H](Cc1c[nH]c2cccc(Cl)c12)C(=O)N[C@@H](CCC(=O)C=[N+]=N)C(=O)OC(C)C. The minimum Gasteiger partial charge on any atom is -0.461 e. The molecule has 2 aromatic rings. The van der Waals surface area contributed by atoms with Crippen LogP contribution in [0.3, 0.4) is 0 Å². The molecular weight excluding hydrogens is 424 g/mol. The number of benzene rings is 1. The van der Waals surface area contributed by atoms with Crippen molar-refractivity contribution in [1.29, 1.82) is 5.53 Å². The number of aromatic nitrogens is 1. The number of esters is 1. The number of carbonyl (C=O) groups excluding carboxylic acids is 3. The average molecular weight is 450 g/mol. The fourth-order valence-corrected chi connectivity index (χ4v) is 3.40. The Balaban J connectivity index is 2.15. The summed E-state index contributed by atoms with van der Waals surface area (Å²) in [4.78, 5) is 43.0. The summed E-state index contributed by atoms with van der Waals surface area (Å²) >= 11 is 6.30. The number of methoxy groups -OCH3 is 1. The van der Waals surface area contributed by atoms with Gasteiger partial charge >= 0.3 is 12.2 Å². The van der Waals surface area contributed by atoms with Crippen molar-refractivity contribution in [2.45, 2.75) is 51.4 Å². The van der Waals surface area contributed by atoms with Crippen LogP contribution in [0.1, 0.15) is 32.3 Å². The Morgan fingerprint density at radius 3 is 2.71 bits per heavy atom. The smallest absolute Gasteiger partial charge is 0.372 e. The van der Waals surface area contributed by atoms with Crippen LogP contribution in [0.5, 0.6) is 0 Å². The lowest BCUT2D eigenvalue weighted by atomic mass is 10.0. The zero-order valence-electron chi connectivity index (χ0n) is 17.6. The first-order valence-electron chi connectivity index (χ1n) is 9.77. The number of halogens is 1. The van der Waals surface area contributed by atoms with Crippen LogP contribution in [-0.2, 0) is 30.3 Å². The number of carbonyl (C=O) groups is 3. The Bertz CT molecular complexity index is 997. The molecule has 0 radical (unpaired) electrons. The molecule has 2 atom stereocenters. The van der Waals surface area contributed by atoms with Crippen molar-refractivity contribution in [3.05, 3.63) is 35.0 Å². The fourth-order valence-electron chi connectivity index (χ4n) is 3.10. The van der Waals surface area contributed by atoms with Crippen molar-refractivity contribution < 1.29 is 28.6 Å². The molecule has 0 aliphatic heterocycles. The number of H-pyrrole nitrogens is 1. The molecule has 10 heteroatoms. The van der Waals surface area contributed by atoms with Gasteiger partial charge < -0.3 is 19.8 Å². The molecule has 1 heterocycles. The highest BCUT2D eigenvalue weighted by Crippen LogP contribution is 2.27. The third-order valence-corrected chi connectivity index (χ3v) is 4.87. The normalized spacial score (nSPS) is 12.8. The molecule has 3 N–H and O–H groups in total. The topological polar surface area (TPSA) is 135 Å². The number of hydrogen-bond donors (Lipinski definition) is 3. The highest BCUT2D eigenvalue weighted by Gasteiger charge is 2.28. The van der Waals surface area contributed by atoms with Gasteiger partial charge in [0, 0.05) is 37.1 Å². The minimum atomic E-state index is -1.04. The van der Waals surface area contributed by atoms with Crippen molar-refractivity contribution in [2.24, 2.45) is 0 Å². The predicted molar refractivity (Wildman–Crippen MR) is 114 cm³/mol. The van der Waals surface area contributed by atoms with E-state index in [4.69, 9.17) is 26.6 Å². The molecule has 1 amide bonds. The maximum absolute atomic E-state index is 12.9. The van der Waals surface area contributed by atoms with Gasteiger partial charge in [0.2, 0.25) is 11.7 Å². The fraction of sp³-hybridized carbons (Fsp3) is 0.429. The summed E-state index contributed by atoms with van der Waals surface area (Å²) in [5.41, 5.74) is 8.35. The first-order valence-corrected chi connectivity index (χ1v) is 10.1. The summed E-state index contributed by atoms with van der Waals surface area (Å²) < 4.78 is 10.6. The van der Waals surface area contributed by atoms with Crippen molar-refractivity contribution >= 4 is 46.4 Å². The molecule has 1 aromatic heterocycles. The van der Waals surface area contributed by atoms with Crippen LogP contribution in [0.4, 0.5) is 0 Å². The molecule has 0 bridgehead atoms. The van der Waals surface area contributed by atoms with Gasteiger partial charge in [-0.3, -0.25) is 9.59 Å². The standard InChI is InChI=1S/C21H25ClN4O5/c1-12(2)31-21(29)17(8-7-14(27)11-25-23)26-20(28)18(30-3)9-13-10-24-16-6-4-5-15(22)19(13)16/h4-6,10-12,17-18,23-24H,7-9H2,1-3H3/p+1/t17-,18-/m0/s1. The van der Waals surface area contributed by atoms with Gasteiger partial charge in [-0.15, -0.1) is 0 Å². The van der Waals surface area contributed by atoms with Gasteiger partial charge in [-0.25, -0.2) is 4.79 Å². The number of hydrogen-bond acceptors (Lipinski definition) is 6. The van der Waals surface area contributed by atoms with E-state index in [9.17, 15) is 14.4 Å². The van der Waals surface area contributed by atoms with E-state index in [2.05, 4.69) is 15.1 Å². The molecule has 0 saturated carbocycles. The number of amides is 1. The van der Waals surface area contributed by atoms with Crippen molar-refractivity contribution in [1.82, 2.24) is 10.3 Å². The Kier molecular flexibility index (Phi) is 8.93. The van der Waals surface area contributed by atoms with Gasteiger partial charge in [-0.2, -0.15) is 0 Å². The van der Waals surface area contributed by atoms with Gasteiger partial charge in [-0.1, -0.05) is 17.7 Å². The molecular formula is C21H26ClN4O5+. The largest absolute Gasteiger partial charge is 0.461 e. The Hall–Kier alpha value is -3.00. The monoisotopic (exact) mass is 449 g/mol. The van der Waals surface area contributed by atoms with Crippen LogP contribution >= 0.6 is 11.6 Å². The summed E-state index contributed by atoms with van der Waals surface area (Å²) in [7, 11) is 1.40. The Labute approximate surface area is 184 Å². The molecule has 0 aliphatic rings. The van der Waals surface area contributed by atoms with Gasteiger partial charge in [-0.05, 0) is 38.0 Å². The molecule has 0 aliphatic carbocycles. The molecule has 0 unspecified atom stereocenters. The molecule has 166 valence electrons. The highest BCUT2D eigenvalue weighted by atomic mass is 35.5. The van der Waals surface area contributed by atoms with Crippen LogP contribution in [0.15, 0.2) is 24.4 Å². The molecule has 9 nitrogen and oxygen atoms in total. The van der Waals surface area contributed by atoms with E-state index in [0.717, 1.165) is 22.7 Å². The number of ketones is 1. The van der Waals surface area contributed by atoms with E-state index in [1.165, 1.54) is 7.11 Å². The van der Waals surface area contributed by atoms with Gasteiger partial charge in [0.05, 0.1) is 21.4 Å². The lowest BCUT2D eigenvalue weighted by molar-refractivity contribution is -0.152. The number of ether oxygens (including phenoxy) is 2. The number of nitrogens with one attached hydrogen (secondary N) is 3. The summed E-state index contributed by atoms with van der Waals surface area (Å²) in [6.07, 6.45) is 1.50. The molecule has 0 saturated heterocycles. The number of Topliss-reactive ketones (excluding diaryl/α,β-unsaturated/α-hetero) is 1. The van der Waals surface area contributed by atoms with Crippen LogP contribution in [0, 0.1) is 5.53 Å². The number of nitrogens with zero attached hydrogens (tertiary/aromatic N) is 1. The lowest BCUT2D eigenvalue weighted by Crippen LogP contribution is -2.48. The number of aromatic amines is 1. The summed E-state index contributed by atoms with van der Waals surface area (Å²) in [5.74, 6) is -1.59. The van der Waals surface area contributed by atoms with Crippen LogP contribution < -0.4 is 5.32 Å². The van der Waals surface area contributed by atoms with E-state index in [1.807, 2.05) is 12.1 Å². The predicted octanol–water partition coefficient (Wildman–Crippen LogP) is 2.47. The van der Waals surface area contributed by atoms with Gasteiger partial charge in [0.25, 0.3) is 0 Å². The third-order valence-electron chi connectivity index (χ3n) is 4.56. The zero-order chi connectivity index (χ0) is 23.0. The maximum atomic E-state index is 12.9. The molecule has 0 fully saturated rings.